The fraction of sp³-hybridized carbons (Fsp3) is 0.211. The number of amides is 1. The number of esters is 1. The Labute approximate surface area is 157 Å². The summed E-state index contributed by atoms with van der Waals surface area (Å²) in [6.45, 7) is -0.365. The maximum absolute atomic E-state index is 13.9. The second kappa shape index (κ2) is 7.78. The van der Waals surface area contributed by atoms with E-state index in [9.17, 15) is 18.8 Å². The zero-order valence-corrected chi connectivity index (χ0v) is 15.2. The number of carbonyl (C=O) groups excluding carboxylic acids is 3. The normalized spacial score (nSPS) is 16.6. The molecule has 2 aromatic rings. The largest absolute Gasteiger partial charge is 0.457 e. The Morgan fingerprint density at radius 2 is 1.85 bits per heavy atom. The Morgan fingerprint density at radius 1 is 1.15 bits per heavy atom. The summed E-state index contributed by atoms with van der Waals surface area (Å²) in [7, 11) is 0. The molecule has 0 bridgehead atoms. The molecule has 1 heterocycles. The number of carbonyl (C=O) groups is 3. The molecule has 0 aromatic heterocycles. The van der Waals surface area contributed by atoms with E-state index in [4.69, 9.17) is 4.74 Å². The van der Waals surface area contributed by atoms with Gasteiger partial charge in [0.05, 0.1) is 11.6 Å². The minimum atomic E-state index is -0.722. The summed E-state index contributed by atoms with van der Waals surface area (Å²) in [5.74, 6) is -2.57. The van der Waals surface area contributed by atoms with Crippen molar-refractivity contribution in [3.05, 3.63) is 64.4 Å². The van der Waals surface area contributed by atoms with Crippen LogP contribution in [0.25, 0.3) is 0 Å². The predicted octanol–water partition coefficient (Wildman–Crippen LogP) is 3.37. The number of anilines is 1. The maximum atomic E-state index is 13.9. The van der Waals surface area contributed by atoms with Crippen LogP contribution in [0.4, 0.5) is 10.1 Å². The van der Waals surface area contributed by atoms with Gasteiger partial charge < -0.3 is 9.64 Å². The van der Waals surface area contributed by atoms with E-state index < -0.39 is 24.3 Å². The summed E-state index contributed by atoms with van der Waals surface area (Å²) < 4.78 is 19.8. The van der Waals surface area contributed by atoms with E-state index in [0.29, 0.717) is 5.56 Å². The van der Waals surface area contributed by atoms with Crippen LogP contribution in [0.5, 0.6) is 0 Å². The molecule has 0 unspecified atom stereocenters. The SMILES string of the molecule is O=C(COC(=O)[C@H]1CC(=O)N(c2ccccc2F)C1)c1ccc(Br)cc1. The van der Waals surface area contributed by atoms with Crippen LogP contribution in [0.2, 0.25) is 0 Å². The molecule has 0 spiro atoms. The van der Waals surface area contributed by atoms with Gasteiger partial charge in [-0.05, 0) is 24.3 Å². The van der Waals surface area contributed by atoms with Gasteiger partial charge in [-0.1, -0.05) is 40.2 Å². The molecular weight excluding hydrogens is 405 g/mol. The van der Waals surface area contributed by atoms with Gasteiger partial charge in [0, 0.05) is 23.0 Å². The van der Waals surface area contributed by atoms with Crippen molar-refractivity contribution < 1.29 is 23.5 Å². The van der Waals surface area contributed by atoms with Crippen molar-refractivity contribution in [2.45, 2.75) is 6.42 Å². The lowest BCUT2D eigenvalue weighted by atomic mass is 10.1. The van der Waals surface area contributed by atoms with Crippen LogP contribution in [0.3, 0.4) is 0 Å². The minimum absolute atomic E-state index is 0.0328. The average Bonchev–Trinajstić information content (AvgIpc) is 3.02. The fourth-order valence-electron chi connectivity index (χ4n) is 2.74. The highest BCUT2D eigenvalue weighted by Gasteiger charge is 2.37. The first kappa shape index (κ1) is 18.3. The molecule has 2 aromatic carbocycles. The number of benzene rings is 2. The van der Waals surface area contributed by atoms with E-state index in [0.717, 1.165) is 4.47 Å². The molecule has 1 amide bonds. The molecule has 0 aliphatic carbocycles. The van der Waals surface area contributed by atoms with Crippen molar-refractivity contribution in [1.82, 2.24) is 0 Å². The quantitative estimate of drug-likeness (QED) is 0.550. The highest BCUT2D eigenvalue weighted by molar-refractivity contribution is 9.10. The van der Waals surface area contributed by atoms with Gasteiger partial charge in [-0.2, -0.15) is 0 Å². The van der Waals surface area contributed by atoms with Crippen molar-refractivity contribution in [1.29, 1.82) is 0 Å². The van der Waals surface area contributed by atoms with Gasteiger partial charge in [-0.25, -0.2) is 4.39 Å². The number of halogens is 2. The third-order valence-electron chi connectivity index (χ3n) is 4.11. The zero-order chi connectivity index (χ0) is 18.7. The monoisotopic (exact) mass is 419 g/mol. The topological polar surface area (TPSA) is 63.7 Å². The molecule has 0 saturated carbocycles. The lowest BCUT2D eigenvalue weighted by Crippen LogP contribution is -2.27. The second-order valence-electron chi connectivity index (χ2n) is 5.89. The van der Waals surface area contributed by atoms with Crippen molar-refractivity contribution in [3.8, 4) is 0 Å². The molecule has 7 heteroatoms. The molecular formula is C19H15BrFNO4. The van der Waals surface area contributed by atoms with Gasteiger partial charge in [0.1, 0.15) is 5.82 Å². The van der Waals surface area contributed by atoms with Crippen LogP contribution in [-0.4, -0.2) is 30.8 Å². The summed E-state index contributed by atoms with van der Waals surface area (Å²) in [4.78, 5) is 37.6. The van der Waals surface area contributed by atoms with Crippen LogP contribution >= 0.6 is 15.9 Å². The Kier molecular flexibility index (Phi) is 5.46. The molecule has 134 valence electrons. The fourth-order valence-corrected chi connectivity index (χ4v) is 3.01. The zero-order valence-electron chi connectivity index (χ0n) is 13.7. The van der Waals surface area contributed by atoms with E-state index in [2.05, 4.69) is 15.9 Å². The molecule has 0 radical (unpaired) electrons. The molecule has 1 aliphatic heterocycles. The number of hydrogen-bond donors (Lipinski definition) is 0. The average molecular weight is 420 g/mol. The Bertz CT molecular complexity index is 853. The number of ether oxygens (including phenoxy) is 1. The highest BCUT2D eigenvalue weighted by Crippen LogP contribution is 2.27. The second-order valence-corrected chi connectivity index (χ2v) is 6.81. The molecule has 1 atom stereocenters. The lowest BCUT2D eigenvalue weighted by Gasteiger charge is -2.17. The Morgan fingerprint density at radius 3 is 2.54 bits per heavy atom. The molecule has 3 rings (SSSR count). The number of rotatable bonds is 5. The standard InChI is InChI=1S/C19H15BrFNO4/c20-14-7-5-12(6-8-14)17(23)11-26-19(25)13-9-18(24)22(10-13)16-4-2-1-3-15(16)21/h1-8,13H,9-11H2/t13-/m0/s1. The first-order valence-corrected chi connectivity index (χ1v) is 8.75. The lowest BCUT2D eigenvalue weighted by molar-refractivity contribution is -0.147. The molecule has 26 heavy (non-hydrogen) atoms. The summed E-state index contributed by atoms with van der Waals surface area (Å²) >= 11 is 3.28. The van der Waals surface area contributed by atoms with Crippen LogP contribution in [0, 0.1) is 11.7 Å². The van der Waals surface area contributed by atoms with Crippen LogP contribution in [-0.2, 0) is 14.3 Å². The predicted molar refractivity (Wildman–Crippen MR) is 96.3 cm³/mol. The molecule has 1 saturated heterocycles. The third kappa shape index (κ3) is 3.99. The van der Waals surface area contributed by atoms with Crippen molar-refractivity contribution in [2.75, 3.05) is 18.1 Å². The molecule has 0 N–H and O–H groups in total. The van der Waals surface area contributed by atoms with E-state index in [-0.39, 0.29) is 30.3 Å². The first-order valence-electron chi connectivity index (χ1n) is 7.96. The highest BCUT2D eigenvalue weighted by atomic mass is 79.9. The summed E-state index contributed by atoms with van der Waals surface area (Å²) in [6.07, 6.45) is -0.0698. The van der Waals surface area contributed by atoms with Gasteiger partial charge in [0.15, 0.2) is 12.4 Å². The number of para-hydroxylation sites is 1. The first-order chi connectivity index (χ1) is 12.5. The molecule has 1 aliphatic rings. The smallest absolute Gasteiger partial charge is 0.311 e. The van der Waals surface area contributed by atoms with E-state index in [1.165, 1.54) is 23.1 Å². The van der Waals surface area contributed by atoms with Gasteiger partial charge in [-0.3, -0.25) is 14.4 Å². The number of nitrogens with zero attached hydrogens (tertiary/aromatic N) is 1. The van der Waals surface area contributed by atoms with Crippen LogP contribution in [0.1, 0.15) is 16.8 Å². The van der Waals surface area contributed by atoms with E-state index in [1.807, 2.05) is 0 Å². The van der Waals surface area contributed by atoms with Crippen LogP contribution in [0.15, 0.2) is 53.0 Å². The number of ketones is 1. The van der Waals surface area contributed by atoms with Gasteiger partial charge >= 0.3 is 5.97 Å². The van der Waals surface area contributed by atoms with Gasteiger partial charge in [0.25, 0.3) is 0 Å². The summed E-state index contributed by atoms with van der Waals surface area (Å²) in [6, 6.07) is 12.6. The van der Waals surface area contributed by atoms with Crippen molar-refractivity contribution in [2.24, 2.45) is 5.92 Å². The van der Waals surface area contributed by atoms with Gasteiger partial charge in [-0.15, -0.1) is 0 Å². The maximum Gasteiger partial charge on any atom is 0.311 e. The van der Waals surface area contributed by atoms with Gasteiger partial charge in [0.2, 0.25) is 5.91 Å². The minimum Gasteiger partial charge on any atom is -0.457 e. The van der Waals surface area contributed by atoms with E-state index in [1.54, 1.807) is 30.3 Å². The third-order valence-corrected chi connectivity index (χ3v) is 4.64. The number of hydrogen-bond acceptors (Lipinski definition) is 4. The Hall–Kier alpha value is -2.54. The molecule has 5 nitrogen and oxygen atoms in total. The molecule has 1 fully saturated rings. The van der Waals surface area contributed by atoms with Crippen molar-refractivity contribution in [3.63, 3.8) is 0 Å². The van der Waals surface area contributed by atoms with Crippen LogP contribution < -0.4 is 4.90 Å². The Balaban J connectivity index is 1.59. The van der Waals surface area contributed by atoms with Crippen molar-refractivity contribution >= 4 is 39.3 Å². The van der Waals surface area contributed by atoms with E-state index >= 15 is 0 Å². The summed E-state index contributed by atoms with van der Waals surface area (Å²) in [5, 5.41) is 0. The number of Topliss-reactive ketones (excluding diaryl/α,β-unsaturated/α-hetero) is 1. The summed E-state index contributed by atoms with van der Waals surface area (Å²) in [5.41, 5.74) is 0.565.